The third-order valence-electron chi connectivity index (χ3n) is 3.07. The smallest absolute Gasteiger partial charge is 0.204 e. The van der Waals surface area contributed by atoms with Crippen molar-refractivity contribution in [2.75, 3.05) is 0 Å². The van der Waals surface area contributed by atoms with Gasteiger partial charge in [-0.1, -0.05) is 36.4 Å². The van der Waals surface area contributed by atoms with Gasteiger partial charge in [0.2, 0.25) is 5.82 Å². The van der Waals surface area contributed by atoms with Crippen LogP contribution in [0.5, 0.6) is 0 Å². The Kier molecular flexibility index (Phi) is 3.49. The summed E-state index contributed by atoms with van der Waals surface area (Å²) in [5.41, 5.74) is 1.91. The number of tetrazole rings is 1. The van der Waals surface area contributed by atoms with Gasteiger partial charge in [-0.3, -0.25) is 0 Å². The second-order valence-electron chi connectivity index (χ2n) is 4.63. The van der Waals surface area contributed by atoms with Gasteiger partial charge in [-0.25, -0.2) is 4.98 Å². The van der Waals surface area contributed by atoms with Crippen molar-refractivity contribution in [1.82, 2.24) is 25.2 Å². The molecule has 3 aromatic heterocycles. The molecule has 0 atom stereocenters. The summed E-state index contributed by atoms with van der Waals surface area (Å²) in [6.45, 7) is 0.529. The van der Waals surface area contributed by atoms with E-state index in [4.69, 9.17) is 0 Å². The Balaban J connectivity index is 1.54. The molecule has 0 radical (unpaired) electrons. The SMILES string of the molecule is c1ccc(-c2nnn(Cc3csc(-c4cccs4)n3)n2)cc1. The molecule has 1 aromatic carbocycles. The third kappa shape index (κ3) is 2.68. The number of rotatable bonds is 4. The van der Waals surface area contributed by atoms with Gasteiger partial charge in [0.15, 0.2) is 0 Å². The van der Waals surface area contributed by atoms with Crippen LogP contribution in [-0.2, 0) is 6.54 Å². The highest BCUT2D eigenvalue weighted by atomic mass is 32.1. The molecule has 0 spiro atoms. The van der Waals surface area contributed by atoms with Gasteiger partial charge in [0.1, 0.15) is 11.6 Å². The summed E-state index contributed by atoms with van der Waals surface area (Å²) in [7, 11) is 0. The molecule has 5 nitrogen and oxygen atoms in total. The number of aromatic nitrogens is 5. The first-order chi connectivity index (χ1) is 10.9. The molecule has 108 valence electrons. The minimum absolute atomic E-state index is 0.529. The van der Waals surface area contributed by atoms with E-state index in [2.05, 4.69) is 31.8 Å². The van der Waals surface area contributed by atoms with Gasteiger partial charge in [0.05, 0.1) is 10.6 Å². The predicted molar refractivity (Wildman–Crippen MR) is 87.8 cm³/mol. The Hall–Kier alpha value is -2.38. The number of nitrogens with zero attached hydrogens (tertiary/aromatic N) is 5. The average molecular weight is 325 g/mol. The zero-order valence-corrected chi connectivity index (χ0v) is 13.1. The van der Waals surface area contributed by atoms with Gasteiger partial charge in [0.25, 0.3) is 0 Å². The molecule has 7 heteroatoms. The average Bonchev–Trinajstić information content (AvgIpc) is 3.30. The lowest BCUT2D eigenvalue weighted by Crippen LogP contribution is -2.04. The maximum absolute atomic E-state index is 4.63. The van der Waals surface area contributed by atoms with E-state index >= 15 is 0 Å². The number of thiazole rings is 1. The van der Waals surface area contributed by atoms with Crippen LogP contribution < -0.4 is 0 Å². The van der Waals surface area contributed by atoms with Crippen molar-refractivity contribution in [2.24, 2.45) is 0 Å². The lowest BCUT2D eigenvalue weighted by Gasteiger charge is -1.94. The summed E-state index contributed by atoms with van der Waals surface area (Å²) >= 11 is 3.33. The van der Waals surface area contributed by atoms with Gasteiger partial charge in [-0.2, -0.15) is 4.80 Å². The Bertz CT molecular complexity index is 864. The van der Waals surface area contributed by atoms with Gasteiger partial charge >= 0.3 is 0 Å². The summed E-state index contributed by atoms with van der Waals surface area (Å²) in [5.74, 6) is 0.634. The molecule has 0 amide bonds. The van der Waals surface area contributed by atoms with Crippen molar-refractivity contribution in [1.29, 1.82) is 0 Å². The van der Waals surface area contributed by atoms with Crippen LogP contribution in [0.1, 0.15) is 5.69 Å². The standard InChI is InChI=1S/C15H11N5S2/c1-2-5-11(6-3-1)14-17-19-20(18-14)9-12-10-22-15(16-12)13-7-4-8-21-13/h1-8,10H,9H2. The highest BCUT2D eigenvalue weighted by Crippen LogP contribution is 2.27. The molecule has 0 N–H and O–H groups in total. The molecule has 0 aliphatic rings. The zero-order chi connectivity index (χ0) is 14.8. The lowest BCUT2D eigenvalue weighted by atomic mass is 10.2. The third-order valence-corrected chi connectivity index (χ3v) is 5.00. The van der Waals surface area contributed by atoms with Gasteiger partial charge in [-0.05, 0) is 16.7 Å². The fourth-order valence-electron chi connectivity index (χ4n) is 2.05. The van der Waals surface area contributed by atoms with E-state index in [9.17, 15) is 0 Å². The number of thiophene rings is 1. The van der Waals surface area contributed by atoms with E-state index in [0.717, 1.165) is 16.3 Å². The minimum Gasteiger partial charge on any atom is -0.238 e. The van der Waals surface area contributed by atoms with Gasteiger partial charge < -0.3 is 0 Å². The van der Waals surface area contributed by atoms with Crippen molar-refractivity contribution in [2.45, 2.75) is 6.54 Å². The predicted octanol–water partition coefficient (Wildman–Crippen LogP) is 3.57. The molecule has 4 aromatic rings. The molecule has 0 aliphatic heterocycles. The zero-order valence-electron chi connectivity index (χ0n) is 11.5. The van der Waals surface area contributed by atoms with E-state index in [1.165, 1.54) is 4.88 Å². The van der Waals surface area contributed by atoms with Gasteiger partial charge in [0, 0.05) is 10.9 Å². The monoisotopic (exact) mass is 325 g/mol. The van der Waals surface area contributed by atoms with Crippen molar-refractivity contribution < 1.29 is 0 Å². The lowest BCUT2D eigenvalue weighted by molar-refractivity contribution is 0.566. The first-order valence-corrected chi connectivity index (χ1v) is 8.46. The van der Waals surface area contributed by atoms with Crippen LogP contribution in [0.2, 0.25) is 0 Å². The second kappa shape index (κ2) is 5.78. The molecule has 0 unspecified atom stereocenters. The van der Waals surface area contributed by atoms with E-state index in [0.29, 0.717) is 12.4 Å². The summed E-state index contributed by atoms with van der Waals surface area (Å²) in [4.78, 5) is 7.40. The van der Waals surface area contributed by atoms with Crippen molar-refractivity contribution in [3.8, 4) is 21.3 Å². The largest absolute Gasteiger partial charge is 0.238 e. The van der Waals surface area contributed by atoms with E-state index < -0.39 is 0 Å². The molecule has 0 bridgehead atoms. The Morgan fingerprint density at radius 2 is 1.91 bits per heavy atom. The molecule has 3 heterocycles. The molecule has 22 heavy (non-hydrogen) atoms. The van der Waals surface area contributed by atoms with Crippen LogP contribution >= 0.6 is 22.7 Å². The molecule has 4 rings (SSSR count). The molecule has 0 saturated heterocycles. The van der Waals surface area contributed by atoms with Crippen LogP contribution in [0.3, 0.4) is 0 Å². The van der Waals surface area contributed by atoms with Gasteiger partial charge in [-0.15, -0.1) is 32.9 Å². The Morgan fingerprint density at radius 3 is 2.73 bits per heavy atom. The van der Waals surface area contributed by atoms with E-state index in [1.54, 1.807) is 27.5 Å². The molecule has 0 saturated carbocycles. The molecular formula is C15H11N5S2. The van der Waals surface area contributed by atoms with Crippen LogP contribution in [0.25, 0.3) is 21.3 Å². The highest BCUT2D eigenvalue weighted by molar-refractivity contribution is 7.20. The molecular weight excluding hydrogens is 314 g/mol. The van der Waals surface area contributed by atoms with Crippen LogP contribution in [0.15, 0.2) is 53.2 Å². The first-order valence-electron chi connectivity index (χ1n) is 6.70. The van der Waals surface area contributed by atoms with Crippen molar-refractivity contribution >= 4 is 22.7 Å². The summed E-state index contributed by atoms with van der Waals surface area (Å²) in [5, 5.41) is 17.7. The van der Waals surface area contributed by atoms with Crippen LogP contribution in [-0.4, -0.2) is 25.2 Å². The summed E-state index contributed by atoms with van der Waals surface area (Å²) < 4.78 is 0. The highest BCUT2D eigenvalue weighted by Gasteiger charge is 2.09. The molecule has 0 aliphatic carbocycles. The van der Waals surface area contributed by atoms with E-state index in [1.807, 2.05) is 41.8 Å². The maximum Gasteiger partial charge on any atom is 0.204 e. The quantitative estimate of drug-likeness (QED) is 0.575. The number of hydrogen-bond acceptors (Lipinski definition) is 6. The number of benzene rings is 1. The normalized spacial score (nSPS) is 10.9. The Labute approximate surface area is 134 Å². The number of hydrogen-bond donors (Lipinski definition) is 0. The second-order valence-corrected chi connectivity index (χ2v) is 6.44. The van der Waals surface area contributed by atoms with E-state index in [-0.39, 0.29) is 0 Å². The fourth-order valence-corrected chi connectivity index (χ4v) is 3.68. The van der Waals surface area contributed by atoms with Crippen molar-refractivity contribution in [3.05, 3.63) is 58.9 Å². The summed E-state index contributed by atoms with van der Waals surface area (Å²) in [6.07, 6.45) is 0. The minimum atomic E-state index is 0.529. The maximum atomic E-state index is 4.63. The van der Waals surface area contributed by atoms with Crippen molar-refractivity contribution in [3.63, 3.8) is 0 Å². The summed E-state index contributed by atoms with van der Waals surface area (Å²) in [6, 6.07) is 13.9. The van der Waals surface area contributed by atoms with Crippen LogP contribution in [0.4, 0.5) is 0 Å². The first kappa shape index (κ1) is 13.3. The Morgan fingerprint density at radius 1 is 1.00 bits per heavy atom. The fraction of sp³-hybridized carbons (Fsp3) is 0.0667. The molecule has 0 fully saturated rings. The topological polar surface area (TPSA) is 56.5 Å². The van der Waals surface area contributed by atoms with Crippen LogP contribution in [0, 0.1) is 0 Å².